The van der Waals surface area contributed by atoms with Crippen LogP contribution in [0.15, 0.2) is 48.5 Å². The summed E-state index contributed by atoms with van der Waals surface area (Å²) in [5, 5.41) is 5.63. The molecule has 5 heteroatoms. The van der Waals surface area contributed by atoms with Crippen LogP contribution in [0.2, 0.25) is 0 Å². The summed E-state index contributed by atoms with van der Waals surface area (Å²) < 4.78 is 0. The van der Waals surface area contributed by atoms with Gasteiger partial charge < -0.3 is 15.6 Å². The van der Waals surface area contributed by atoms with Crippen molar-refractivity contribution in [1.82, 2.24) is 15.3 Å². The maximum atomic E-state index is 11.8. The monoisotopic (exact) mass is 294 g/mol. The SMILES string of the molecule is Cc1ccc(NC(=O)NCCc2nc3ccccc3[nH]2)cc1. The Hall–Kier alpha value is -2.82. The van der Waals surface area contributed by atoms with Crippen molar-refractivity contribution < 1.29 is 4.79 Å². The maximum absolute atomic E-state index is 11.8. The molecule has 0 bridgehead atoms. The number of amides is 2. The first kappa shape index (κ1) is 14.1. The molecule has 0 aliphatic rings. The maximum Gasteiger partial charge on any atom is 0.319 e. The molecule has 0 atom stereocenters. The molecule has 2 aromatic carbocycles. The number of para-hydroxylation sites is 2. The zero-order chi connectivity index (χ0) is 15.4. The van der Waals surface area contributed by atoms with Crippen LogP contribution in [0, 0.1) is 6.92 Å². The van der Waals surface area contributed by atoms with E-state index in [1.807, 2.05) is 55.5 Å². The van der Waals surface area contributed by atoms with Gasteiger partial charge in [0.1, 0.15) is 5.82 Å². The third-order valence-corrected chi connectivity index (χ3v) is 3.40. The normalized spacial score (nSPS) is 10.6. The minimum Gasteiger partial charge on any atom is -0.342 e. The molecule has 3 aromatic rings. The molecule has 1 heterocycles. The van der Waals surface area contributed by atoms with E-state index in [1.54, 1.807) is 0 Å². The Morgan fingerprint density at radius 2 is 1.91 bits per heavy atom. The van der Waals surface area contributed by atoms with Crippen LogP contribution in [0.1, 0.15) is 11.4 Å². The van der Waals surface area contributed by atoms with Crippen molar-refractivity contribution in [3.63, 3.8) is 0 Å². The summed E-state index contributed by atoms with van der Waals surface area (Å²) in [5.41, 5.74) is 3.91. The van der Waals surface area contributed by atoms with E-state index in [9.17, 15) is 4.79 Å². The molecule has 0 saturated carbocycles. The smallest absolute Gasteiger partial charge is 0.319 e. The highest BCUT2D eigenvalue weighted by Gasteiger charge is 2.04. The van der Waals surface area contributed by atoms with Gasteiger partial charge in [0.05, 0.1) is 11.0 Å². The van der Waals surface area contributed by atoms with Gasteiger partial charge >= 0.3 is 6.03 Å². The number of aromatic amines is 1. The first-order valence-corrected chi connectivity index (χ1v) is 7.26. The summed E-state index contributed by atoms with van der Waals surface area (Å²) in [5.74, 6) is 0.872. The third-order valence-electron chi connectivity index (χ3n) is 3.40. The third kappa shape index (κ3) is 3.44. The number of carbonyl (C=O) groups is 1. The average Bonchev–Trinajstić information content (AvgIpc) is 2.92. The van der Waals surface area contributed by atoms with Crippen molar-refractivity contribution in [3.05, 3.63) is 59.9 Å². The number of aryl methyl sites for hydroxylation is 1. The van der Waals surface area contributed by atoms with Crippen LogP contribution in [0.25, 0.3) is 11.0 Å². The summed E-state index contributed by atoms with van der Waals surface area (Å²) in [7, 11) is 0. The minimum atomic E-state index is -0.208. The van der Waals surface area contributed by atoms with Gasteiger partial charge in [-0.05, 0) is 31.2 Å². The van der Waals surface area contributed by atoms with Crippen molar-refractivity contribution in [3.8, 4) is 0 Å². The summed E-state index contributed by atoms with van der Waals surface area (Å²) in [6, 6.07) is 15.4. The number of rotatable bonds is 4. The molecule has 0 aliphatic carbocycles. The molecule has 0 unspecified atom stereocenters. The van der Waals surface area contributed by atoms with E-state index in [-0.39, 0.29) is 6.03 Å². The summed E-state index contributed by atoms with van der Waals surface area (Å²) >= 11 is 0. The molecular weight excluding hydrogens is 276 g/mol. The fourth-order valence-corrected chi connectivity index (χ4v) is 2.23. The average molecular weight is 294 g/mol. The fourth-order valence-electron chi connectivity index (χ4n) is 2.23. The van der Waals surface area contributed by atoms with Crippen LogP contribution < -0.4 is 10.6 Å². The van der Waals surface area contributed by atoms with E-state index in [0.29, 0.717) is 13.0 Å². The van der Waals surface area contributed by atoms with Gasteiger partial charge in [-0.3, -0.25) is 0 Å². The lowest BCUT2D eigenvalue weighted by Gasteiger charge is -2.07. The van der Waals surface area contributed by atoms with Gasteiger partial charge in [-0.25, -0.2) is 9.78 Å². The Kier molecular flexibility index (Phi) is 4.05. The van der Waals surface area contributed by atoms with E-state index >= 15 is 0 Å². The van der Waals surface area contributed by atoms with Crippen LogP contribution in [0.4, 0.5) is 10.5 Å². The molecule has 0 aliphatic heterocycles. The van der Waals surface area contributed by atoms with Gasteiger partial charge in [-0.1, -0.05) is 29.8 Å². The Morgan fingerprint density at radius 1 is 1.14 bits per heavy atom. The number of imidazole rings is 1. The van der Waals surface area contributed by atoms with Crippen molar-refractivity contribution in [1.29, 1.82) is 0 Å². The molecule has 112 valence electrons. The van der Waals surface area contributed by atoms with Crippen molar-refractivity contribution in [2.75, 3.05) is 11.9 Å². The molecule has 0 saturated heterocycles. The number of urea groups is 1. The Bertz CT molecular complexity index is 744. The van der Waals surface area contributed by atoms with Gasteiger partial charge in [-0.2, -0.15) is 0 Å². The van der Waals surface area contributed by atoms with Crippen LogP contribution in [-0.4, -0.2) is 22.5 Å². The molecule has 5 nitrogen and oxygen atoms in total. The zero-order valence-corrected chi connectivity index (χ0v) is 12.4. The molecule has 0 fully saturated rings. The van der Waals surface area contributed by atoms with E-state index in [4.69, 9.17) is 0 Å². The lowest BCUT2D eigenvalue weighted by molar-refractivity contribution is 0.252. The molecule has 2 amide bonds. The Labute approximate surface area is 128 Å². The van der Waals surface area contributed by atoms with Crippen LogP contribution in [-0.2, 0) is 6.42 Å². The van der Waals surface area contributed by atoms with Gasteiger partial charge in [0.25, 0.3) is 0 Å². The Morgan fingerprint density at radius 3 is 2.68 bits per heavy atom. The number of benzene rings is 2. The van der Waals surface area contributed by atoms with Crippen LogP contribution in [0.5, 0.6) is 0 Å². The molecule has 0 spiro atoms. The lowest BCUT2D eigenvalue weighted by atomic mass is 10.2. The molecule has 3 N–H and O–H groups in total. The highest BCUT2D eigenvalue weighted by atomic mass is 16.2. The first-order chi connectivity index (χ1) is 10.7. The van der Waals surface area contributed by atoms with Crippen molar-refractivity contribution in [2.24, 2.45) is 0 Å². The Balaban J connectivity index is 1.49. The van der Waals surface area contributed by atoms with Gasteiger partial charge in [0.2, 0.25) is 0 Å². The van der Waals surface area contributed by atoms with Crippen molar-refractivity contribution >= 4 is 22.8 Å². The van der Waals surface area contributed by atoms with Gasteiger partial charge in [0, 0.05) is 18.7 Å². The predicted octanol–water partition coefficient (Wildman–Crippen LogP) is 3.24. The molecule has 0 radical (unpaired) electrons. The number of nitrogens with one attached hydrogen (secondary N) is 3. The quantitative estimate of drug-likeness (QED) is 0.691. The summed E-state index contributed by atoms with van der Waals surface area (Å²) in [6.07, 6.45) is 0.663. The molecule has 22 heavy (non-hydrogen) atoms. The highest BCUT2D eigenvalue weighted by Crippen LogP contribution is 2.10. The topological polar surface area (TPSA) is 69.8 Å². The lowest BCUT2D eigenvalue weighted by Crippen LogP contribution is -2.30. The second-order valence-electron chi connectivity index (χ2n) is 5.20. The standard InChI is InChI=1S/C17H18N4O/c1-12-6-8-13(9-7-12)19-17(22)18-11-10-16-20-14-4-2-3-5-15(14)21-16/h2-9H,10-11H2,1H3,(H,20,21)(H2,18,19,22). The molecule has 1 aromatic heterocycles. The van der Waals surface area contributed by atoms with Gasteiger partial charge in [-0.15, -0.1) is 0 Å². The van der Waals surface area contributed by atoms with Crippen molar-refractivity contribution in [2.45, 2.75) is 13.3 Å². The summed E-state index contributed by atoms with van der Waals surface area (Å²) in [4.78, 5) is 19.5. The minimum absolute atomic E-state index is 0.208. The number of carbonyl (C=O) groups excluding carboxylic acids is 1. The van der Waals surface area contributed by atoms with E-state index in [0.717, 1.165) is 28.1 Å². The van der Waals surface area contributed by atoms with Crippen LogP contribution in [0.3, 0.4) is 0 Å². The van der Waals surface area contributed by atoms with E-state index in [2.05, 4.69) is 20.6 Å². The summed E-state index contributed by atoms with van der Waals surface area (Å²) in [6.45, 7) is 2.54. The number of hydrogen-bond donors (Lipinski definition) is 3. The van der Waals surface area contributed by atoms with E-state index < -0.39 is 0 Å². The van der Waals surface area contributed by atoms with E-state index in [1.165, 1.54) is 0 Å². The number of nitrogens with zero attached hydrogens (tertiary/aromatic N) is 1. The van der Waals surface area contributed by atoms with Gasteiger partial charge in [0.15, 0.2) is 0 Å². The number of H-pyrrole nitrogens is 1. The first-order valence-electron chi connectivity index (χ1n) is 7.26. The number of anilines is 1. The number of aromatic nitrogens is 2. The predicted molar refractivity (Wildman–Crippen MR) is 88.0 cm³/mol. The number of hydrogen-bond acceptors (Lipinski definition) is 2. The molecule has 3 rings (SSSR count). The van der Waals surface area contributed by atoms with Crippen LogP contribution >= 0.6 is 0 Å². The fraction of sp³-hybridized carbons (Fsp3) is 0.176. The highest BCUT2D eigenvalue weighted by molar-refractivity contribution is 5.89. The number of fused-ring (bicyclic) bond motifs is 1. The second kappa shape index (κ2) is 6.30. The largest absolute Gasteiger partial charge is 0.342 e. The zero-order valence-electron chi connectivity index (χ0n) is 12.4. The second-order valence-corrected chi connectivity index (χ2v) is 5.20. The molecular formula is C17H18N4O.